The predicted molar refractivity (Wildman–Crippen MR) is 189 cm³/mol. The Bertz CT molecular complexity index is 1820. The molecule has 264 valence electrons. The normalized spacial score (nSPS) is 13.9. The summed E-state index contributed by atoms with van der Waals surface area (Å²) in [4.78, 5) is 42.8. The number of carbonyl (C=O) groups is 2. The number of benzene rings is 3. The van der Waals surface area contributed by atoms with Crippen LogP contribution in [0.15, 0.2) is 96.1 Å². The van der Waals surface area contributed by atoms with Crippen molar-refractivity contribution in [3.8, 4) is 5.75 Å². The predicted octanol–water partition coefficient (Wildman–Crippen LogP) is 7.63. The molecular weight excluding hydrogens is 662 g/mol. The average molecular weight is 705 g/mol. The molecule has 0 saturated carbocycles. The average Bonchev–Trinajstić information content (AvgIpc) is 3.25. The summed E-state index contributed by atoms with van der Waals surface area (Å²) in [6.45, 7) is 6.93. The van der Waals surface area contributed by atoms with E-state index in [0.717, 1.165) is 29.7 Å². The first-order valence-corrected chi connectivity index (χ1v) is 20.5. The highest BCUT2D eigenvalue weighted by atomic mass is 28.3. The highest BCUT2D eigenvalue weighted by molar-refractivity contribution is 6.76. The van der Waals surface area contributed by atoms with E-state index in [0.29, 0.717) is 35.5 Å². The van der Waals surface area contributed by atoms with Crippen LogP contribution in [0.1, 0.15) is 51.0 Å². The van der Waals surface area contributed by atoms with Gasteiger partial charge in [0, 0.05) is 20.9 Å². The minimum atomic E-state index is -4.88. The third kappa shape index (κ3) is 8.99. The number of nitrogens with zero attached hydrogens (tertiary/aromatic N) is 2. The maximum atomic E-state index is 14.5. The van der Waals surface area contributed by atoms with Crippen molar-refractivity contribution >= 4 is 19.8 Å². The minimum Gasteiger partial charge on any atom is -0.483 e. The number of hydrogen-bond donors (Lipinski definition) is 0. The Morgan fingerprint density at radius 1 is 0.900 bits per heavy atom. The summed E-state index contributed by atoms with van der Waals surface area (Å²) in [6.07, 6.45) is -0.985. The molecule has 0 radical (unpaired) electrons. The monoisotopic (exact) mass is 704 g/mol. The number of Topliss-reactive ketones (excluding diaryl/α,β-unsaturated/α-hetero) is 1. The topological polar surface area (TPSA) is 77.8 Å². The second kappa shape index (κ2) is 15.6. The number of halogens is 3. The highest BCUT2D eigenvalue weighted by Gasteiger charge is 2.44. The van der Waals surface area contributed by atoms with Crippen LogP contribution in [0.5, 0.6) is 5.75 Å². The van der Waals surface area contributed by atoms with E-state index in [2.05, 4.69) is 19.6 Å². The molecule has 0 aliphatic heterocycles. The molecule has 0 spiro atoms. The summed E-state index contributed by atoms with van der Waals surface area (Å²) in [6, 6.07) is 22.3. The van der Waals surface area contributed by atoms with Crippen LogP contribution in [0.25, 0.3) is 0 Å². The Hall–Kier alpha value is -4.48. The maximum Gasteiger partial charge on any atom is 0.408 e. The number of carbonyl (C=O) groups excluding carboxylic acids is 2. The van der Waals surface area contributed by atoms with Gasteiger partial charge in [-0.25, -0.2) is 0 Å². The van der Waals surface area contributed by atoms with Crippen LogP contribution in [-0.2, 0) is 35.7 Å². The fourth-order valence-electron chi connectivity index (χ4n) is 6.06. The number of fused-ring (bicyclic) bond motifs is 2. The van der Waals surface area contributed by atoms with Crippen molar-refractivity contribution in [2.24, 2.45) is 0 Å². The number of aromatic nitrogens is 1. The summed E-state index contributed by atoms with van der Waals surface area (Å²) in [5.41, 5.74) is 2.57. The van der Waals surface area contributed by atoms with Gasteiger partial charge in [0.2, 0.25) is 5.43 Å². The van der Waals surface area contributed by atoms with Gasteiger partial charge in [0.1, 0.15) is 24.9 Å². The molecule has 1 amide bonds. The second-order valence-electron chi connectivity index (χ2n) is 13.9. The number of rotatable bonds is 13. The summed E-state index contributed by atoms with van der Waals surface area (Å²) >= 11 is 0. The Morgan fingerprint density at radius 3 is 2.06 bits per heavy atom. The first-order chi connectivity index (χ1) is 23.7. The molecule has 7 nitrogen and oxygen atoms in total. The van der Waals surface area contributed by atoms with Gasteiger partial charge in [0.25, 0.3) is 5.91 Å². The lowest BCUT2D eigenvalue weighted by Crippen LogP contribution is -2.51. The number of ether oxygens (including phenoxy) is 2. The molecule has 0 N–H and O–H groups in total. The molecule has 5 rings (SSSR count). The summed E-state index contributed by atoms with van der Waals surface area (Å²) < 4.78 is 56.5. The Labute approximate surface area is 291 Å². The first-order valence-electron chi connectivity index (χ1n) is 16.8. The third-order valence-electron chi connectivity index (χ3n) is 9.00. The number of hydrogen-bond acceptors (Lipinski definition) is 5. The second-order valence-corrected chi connectivity index (χ2v) is 19.6. The molecule has 4 aromatic rings. The number of aryl methyl sites for hydroxylation is 2. The van der Waals surface area contributed by atoms with E-state index in [1.807, 2.05) is 54.6 Å². The third-order valence-corrected chi connectivity index (χ3v) is 10.7. The lowest BCUT2D eigenvalue weighted by molar-refractivity contribution is -0.172. The molecule has 50 heavy (non-hydrogen) atoms. The SMILES string of the molecule is C[C@@H](N(CC(=O)C1c2ccccc2CCc2ccccc21)C(=O)c1cn(COCC[Si](C)(C)C)cc(OCc2ccccc2)c1=O)C(F)(F)F. The van der Waals surface area contributed by atoms with Crippen molar-refractivity contribution in [1.29, 1.82) is 0 Å². The molecule has 0 fully saturated rings. The number of amides is 1. The smallest absolute Gasteiger partial charge is 0.408 e. The summed E-state index contributed by atoms with van der Waals surface area (Å²) in [5.74, 6) is -2.91. The zero-order valence-corrected chi connectivity index (χ0v) is 29.8. The van der Waals surface area contributed by atoms with Crippen LogP contribution in [0, 0.1) is 0 Å². The van der Waals surface area contributed by atoms with Gasteiger partial charge in [-0.15, -0.1) is 0 Å². The van der Waals surface area contributed by atoms with Gasteiger partial charge >= 0.3 is 6.18 Å². The van der Waals surface area contributed by atoms with Crippen molar-refractivity contribution < 1.29 is 32.2 Å². The van der Waals surface area contributed by atoms with Crippen molar-refractivity contribution in [2.75, 3.05) is 13.2 Å². The van der Waals surface area contributed by atoms with Gasteiger partial charge < -0.3 is 18.9 Å². The Balaban J connectivity index is 1.52. The van der Waals surface area contributed by atoms with E-state index in [9.17, 15) is 27.6 Å². The van der Waals surface area contributed by atoms with Crippen LogP contribution in [0.2, 0.25) is 25.7 Å². The van der Waals surface area contributed by atoms with E-state index in [4.69, 9.17) is 9.47 Å². The van der Waals surface area contributed by atoms with Crippen molar-refractivity contribution in [3.05, 3.63) is 135 Å². The minimum absolute atomic E-state index is 0.00808. The molecule has 0 unspecified atom stereocenters. The lowest BCUT2D eigenvalue weighted by atomic mass is 9.84. The van der Waals surface area contributed by atoms with E-state index >= 15 is 0 Å². The van der Waals surface area contributed by atoms with Gasteiger partial charge in [0.05, 0.1) is 18.7 Å². The van der Waals surface area contributed by atoms with Crippen molar-refractivity contribution in [1.82, 2.24) is 9.47 Å². The van der Waals surface area contributed by atoms with Crippen molar-refractivity contribution in [2.45, 2.75) is 76.9 Å². The molecule has 0 saturated heterocycles. The van der Waals surface area contributed by atoms with Crippen molar-refractivity contribution in [3.63, 3.8) is 0 Å². The van der Waals surface area contributed by atoms with Gasteiger partial charge in [0.15, 0.2) is 11.5 Å². The van der Waals surface area contributed by atoms with Crippen LogP contribution in [-0.4, -0.2) is 54.6 Å². The van der Waals surface area contributed by atoms with Crippen LogP contribution >= 0.6 is 0 Å². The summed E-state index contributed by atoms with van der Waals surface area (Å²) in [5, 5.41) is 0. The van der Waals surface area contributed by atoms with E-state index in [1.54, 1.807) is 24.3 Å². The summed E-state index contributed by atoms with van der Waals surface area (Å²) in [7, 11) is -1.43. The van der Waals surface area contributed by atoms with Crippen LogP contribution in [0.4, 0.5) is 13.2 Å². The molecule has 11 heteroatoms. The molecule has 1 heterocycles. The van der Waals surface area contributed by atoms with Gasteiger partial charge in [-0.3, -0.25) is 14.4 Å². The molecule has 1 aliphatic rings. The fraction of sp³-hybridized carbons (Fsp3) is 0.359. The fourth-order valence-corrected chi connectivity index (χ4v) is 6.82. The lowest BCUT2D eigenvalue weighted by Gasteiger charge is -2.32. The number of ketones is 1. The molecule has 1 aliphatic carbocycles. The maximum absolute atomic E-state index is 14.5. The van der Waals surface area contributed by atoms with Gasteiger partial charge in [-0.1, -0.05) is 98.5 Å². The molecular formula is C39H43F3N2O5Si. The van der Waals surface area contributed by atoms with E-state index < -0.39 is 55.4 Å². The zero-order chi connectivity index (χ0) is 36.1. The van der Waals surface area contributed by atoms with Crippen LogP contribution in [0.3, 0.4) is 0 Å². The van der Waals surface area contributed by atoms with E-state index in [1.165, 1.54) is 17.0 Å². The van der Waals surface area contributed by atoms with Gasteiger partial charge in [-0.05, 0) is 53.6 Å². The number of pyridine rings is 1. The molecule has 1 atom stereocenters. The first kappa shape index (κ1) is 36.8. The largest absolute Gasteiger partial charge is 0.483 e. The number of alkyl halides is 3. The molecule has 0 bridgehead atoms. The zero-order valence-electron chi connectivity index (χ0n) is 28.8. The molecule has 3 aromatic carbocycles. The Kier molecular flexibility index (Phi) is 11.5. The standard InChI is InChI=1S/C39H43F3N2O5Si/c1-27(39(40,41)42)44(23-34(45)36-31-16-10-8-14-29(31)18-19-30-15-9-11-17-32(30)36)38(47)33-22-43(26-48-20-21-50(2,3)4)24-35(37(33)46)49-25-28-12-6-5-7-13-28/h5-17,22,24,27,36H,18-21,23,25-26H2,1-4H3/t27-/m1/s1. The van der Waals surface area contributed by atoms with Crippen LogP contribution < -0.4 is 10.2 Å². The highest BCUT2D eigenvalue weighted by Crippen LogP contribution is 2.36. The van der Waals surface area contributed by atoms with E-state index in [-0.39, 0.29) is 19.1 Å². The quantitative estimate of drug-likeness (QED) is 0.106. The molecule has 1 aromatic heterocycles. The Morgan fingerprint density at radius 2 is 1.48 bits per heavy atom. The van der Waals surface area contributed by atoms with Gasteiger partial charge in [-0.2, -0.15) is 13.2 Å².